The highest BCUT2D eigenvalue weighted by molar-refractivity contribution is 7.90. The van der Waals surface area contributed by atoms with Gasteiger partial charge in [-0.25, -0.2) is 8.42 Å². The summed E-state index contributed by atoms with van der Waals surface area (Å²) in [5.41, 5.74) is 0. The van der Waals surface area contributed by atoms with Crippen LogP contribution < -0.4 is 24.0 Å². The number of likely N-dealkylation sites (N-methyl/N-ethyl adjacent to an activating group) is 1. The molecule has 0 unspecified atom stereocenters. The number of sulfonamides is 1. The monoisotopic (exact) mass is 552 g/mol. The van der Waals surface area contributed by atoms with Gasteiger partial charge in [-0.1, -0.05) is 6.92 Å². The summed E-state index contributed by atoms with van der Waals surface area (Å²) in [6.07, 6.45) is -6.41. The second kappa shape index (κ2) is 8.01. The summed E-state index contributed by atoms with van der Waals surface area (Å²) in [6.45, 7) is 0.742. The van der Waals surface area contributed by atoms with Crippen LogP contribution in [-0.2, 0) is 10.0 Å². The van der Waals surface area contributed by atoms with E-state index in [1.54, 1.807) is 14.0 Å². The summed E-state index contributed by atoms with van der Waals surface area (Å²) in [7, 11) is -4.82. The van der Waals surface area contributed by atoms with Crippen LogP contribution in [0.1, 0.15) is 13.3 Å². The van der Waals surface area contributed by atoms with Gasteiger partial charge in [0, 0.05) is 0 Å². The van der Waals surface area contributed by atoms with Crippen molar-refractivity contribution in [2.75, 3.05) is 39.8 Å². The van der Waals surface area contributed by atoms with Crippen LogP contribution in [-0.4, -0.2) is 80.3 Å². The minimum absolute atomic E-state index is 0. The predicted octanol–water partition coefficient (Wildman–Crippen LogP) is -0.0819. The highest BCUT2D eigenvalue weighted by atomic mass is 127. The fraction of sp³-hybridized carbons (Fsp3) is 1.00. The van der Waals surface area contributed by atoms with Gasteiger partial charge in [0.2, 0.25) is 0 Å². The highest BCUT2D eigenvalue weighted by Gasteiger charge is 2.85. The SMILES string of the molecule is CCC[N+]1(C)CCN(S(=O)(=O)C(F)(F)C(F)(F)C(F)(F)C(F)(F)F)CC1.[I-]. The molecule has 27 heavy (non-hydrogen) atoms. The summed E-state index contributed by atoms with van der Waals surface area (Å²) in [5, 5.41) is -6.65. The van der Waals surface area contributed by atoms with Crippen molar-refractivity contribution in [1.82, 2.24) is 4.31 Å². The molecule has 0 atom stereocenters. The number of quaternary nitrogens is 1. The highest BCUT2D eigenvalue weighted by Crippen LogP contribution is 2.55. The number of piperazine rings is 1. The van der Waals surface area contributed by atoms with Crippen molar-refractivity contribution >= 4 is 10.0 Å². The largest absolute Gasteiger partial charge is 1.00 e. The van der Waals surface area contributed by atoms with E-state index in [2.05, 4.69) is 0 Å². The van der Waals surface area contributed by atoms with E-state index in [0.29, 0.717) is 13.0 Å². The summed E-state index contributed by atoms with van der Waals surface area (Å²) in [6, 6.07) is 0. The molecule has 4 nitrogen and oxygen atoms in total. The van der Waals surface area contributed by atoms with E-state index in [0.717, 1.165) is 0 Å². The molecule has 0 aromatic rings. The molecule has 0 aromatic heterocycles. The lowest BCUT2D eigenvalue weighted by molar-refractivity contribution is -0.912. The summed E-state index contributed by atoms with van der Waals surface area (Å²) in [4.78, 5) is 0. The zero-order valence-corrected chi connectivity index (χ0v) is 17.1. The minimum Gasteiger partial charge on any atom is -1.00 e. The number of alkyl halides is 9. The predicted molar refractivity (Wildman–Crippen MR) is 72.5 cm³/mol. The van der Waals surface area contributed by atoms with Crippen LogP contribution in [0.5, 0.6) is 0 Å². The van der Waals surface area contributed by atoms with Gasteiger partial charge < -0.3 is 28.5 Å². The van der Waals surface area contributed by atoms with Gasteiger partial charge >= 0.3 is 23.3 Å². The van der Waals surface area contributed by atoms with Crippen LogP contribution in [0, 0.1) is 0 Å². The molecule has 1 rings (SSSR count). The Morgan fingerprint density at radius 1 is 0.889 bits per heavy atom. The molecule has 0 N–H and O–H groups in total. The van der Waals surface area contributed by atoms with Crippen LogP contribution in [0.15, 0.2) is 0 Å². The molecule has 1 aliphatic heterocycles. The van der Waals surface area contributed by atoms with Gasteiger partial charge in [-0.2, -0.15) is 43.8 Å². The first-order chi connectivity index (χ1) is 11.4. The molecule has 1 aliphatic rings. The summed E-state index contributed by atoms with van der Waals surface area (Å²) < 4.78 is 140. The van der Waals surface area contributed by atoms with Crippen molar-refractivity contribution in [1.29, 1.82) is 0 Å². The molecule has 0 bridgehead atoms. The zero-order valence-electron chi connectivity index (χ0n) is 14.1. The molecule has 0 saturated carbocycles. The lowest BCUT2D eigenvalue weighted by atomic mass is 10.1. The molecule has 0 amide bonds. The number of hydrogen-bond donors (Lipinski definition) is 0. The Morgan fingerprint density at radius 3 is 1.63 bits per heavy atom. The van der Waals surface area contributed by atoms with E-state index in [-0.39, 0.29) is 45.9 Å². The van der Waals surface area contributed by atoms with Gasteiger partial charge in [0.1, 0.15) is 0 Å². The maximum Gasteiger partial charge on any atom is 0.460 e. The molecule has 0 spiro atoms. The molecular weight excluding hydrogens is 534 g/mol. The van der Waals surface area contributed by atoms with Crippen molar-refractivity contribution in [2.24, 2.45) is 0 Å². The molecule has 1 saturated heterocycles. The summed E-state index contributed by atoms with van der Waals surface area (Å²) in [5.74, 6) is -14.4. The fourth-order valence-electron chi connectivity index (χ4n) is 2.62. The maximum atomic E-state index is 13.8. The van der Waals surface area contributed by atoms with E-state index < -0.39 is 46.4 Å². The average Bonchev–Trinajstić information content (AvgIpc) is 2.45. The van der Waals surface area contributed by atoms with Gasteiger partial charge in [0.15, 0.2) is 0 Å². The van der Waals surface area contributed by atoms with Gasteiger partial charge in [-0.05, 0) is 6.42 Å². The number of halogens is 10. The normalized spacial score (nSPS) is 20.3. The van der Waals surface area contributed by atoms with E-state index in [1.165, 1.54) is 0 Å². The van der Waals surface area contributed by atoms with Crippen LogP contribution in [0.25, 0.3) is 0 Å². The van der Waals surface area contributed by atoms with Crippen LogP contribution >= 0.6 is 0 Å². The van der Waals surface area contributed by atoms with E-state index >= 15 is 0 Å². The van der Waals surface area contributed by atoms with E-state index in [4.69, 9.17) is 0 Å². The van der Waals surface area contributed by atoms with Gasteiger partial charge in [-0.3, -0.25) is 0 Å². The fourth-order valence-corrected chi connectivity index (χ4v) is 4.04. The molecular formula is C12H18F9IN2O2S. The lowest BCUT2D eigenvalue weighted by Crippen LogP contribution is -3.00. The quantitative estimate of drug-likeness (QED) is 0.263. The second-order valence-electron chi connectivity index (χ2n) is 6.36. The third kappa shape index (κ3) is 4.44. The Kier molecular flexibility index (Phi) is 8.00. The first kappa shape index (κ1) is 27.0. The van der Waals surface area contributed by atoms with Crippen LogP contribution in [0.3, 0.4) is 0 Å². The molecule has 0 radical (unpaired) electrons. The Morgan fingerprint density at radius 2 is 1.30 bits per heavy atom. The molecule has 15 heteroatoms. The second-order valence-corrected chi connectivity index (χ2v) is 8.34. The smallest absolute Gasteiger partial charge is 0.460 e. The Labute approximate surface area is 167 Å². The third-order valence-electron chi connectivity index (χ3n) is 4.32. The minimum atomic E-state index is -7.24. The first-order valence-electron chi connectivity index (χ1n) is 7.41. The van der Waals surface area contributed by atoms with E-state index in [1.807, 2.05) is 0 Å². The Bertz CT molecular complexity index is 617. The van der Waals surface area contributed by atoms with Crippen molar-refractivity contribution in [2.45, 2.75) is 36.6 Å². The lowest BCUT2D eigenvalue weighted by Gasteiger charge is -2.43. The van der Waals surface area contributed by atoms with Gasteiger partial charge in [0.05, 0.1) is 39.8 Å². The van der Waals surface area contributed by atoms with Crippen molar-refractivity contribution in [3.8, 4) is 0 Å². The topological polar surface area (TPSA) is 37.4 Å². The maximum absolute atomic E-state index is 13.8. The molecule has 0 aliphatic carbocycles. The van der Waals surface area contributed by atoms with Gasteiger partial charge in [0.25, 0.3) is 10.0 Å². The Balaban J connectivity index is 0.00000676. The molecule has 0 aromatic carbocycles. The summed E-state index contributed by atoms with van der Waals surface area (Å²) >= 11 is 0. The molecule has 164 valence electrons. The number of hydrogen-bond acceptors (Lipinski definition) is 2. The van der Waals surface area contributed by atoms with Gasteiger partial charge in [-0.15, -0.1) is 0 Å². The van der Waals surface area contributed by atoms with Crippen LogP contribution in [0.2, 0.25) is 0 Å². The molecule has 1 heterocycles. The number of nitrogens with zero attached hydrogens (tertiary/aromatic N) is 2. The number of rotatable bonds is 6. The average molecular weight is 552 g/mol. The van der Waals surface area contributed by atoms with E-state index in [9.17, 15) is 47.9 Å². The van der Waals surface area contributed by atoms with Crippen molar-refractivity contribution < 1.29 is 76.4 Å². The van der Waals surface area contributed by atoms with Crippen molar-refractivity contribution in [3.05, 3.63) is 0 Å². The zero-order chi connectivity index (χ0) is 20.8. The van der Waals surface area contributed by atoms with Crippen LogP contribution in [0.4, 0.5) is 39.5 Å². The standard InChI is InChI=1S/C12H18F9N2O2S.HI/c1-3-6-23(2)7-4-22(5-8-23)26(24,25)12(20,21)10(15,16)9(13,14)11(17,18)19;/h3-8H2,1-2H3;1H/q+1;/p-1. The van der Waals surface area contributed by atoms with Crippen molar-refractivity contribution in [3.63, 3.8) is 0 Å². The first-order valence-corrected chi connectivity index (χ1v) is 8.85. The Hall–Kier alpha value is -0.0300. The molecule has 1 fully saturated rings. The third-order valence-corrected chi connectivity index (χ3v) is 6.27.